The van der Waals surface area contributed by atoms with Crippen molar-refractivity contribution in [2.24, 2.45) is 11.7 Å². The van der Waals surface area contributed by atoms with E-state index in [9.17, 15) is 4.79 Å². The fourth-order valence-electron chi connectivity index (χ4n) is 1.95. The predicted molar refractivity (Wildman–Crippen MR) is 61.5 cm³/mol. The summed E-state index contributed by atoms with van der Waals surface area (Å²) in [6.07, 6.45) is 4.06. The molecule has 1 rings (SSSR count). The van der Waals surface area contributed by atoms with E-state index in [0.717, 1.165) is 25.6 Å². The summed E-state index contributed by atoms with van der Waals surface area (Å²) in [6.45, 7) is 4.97. The van der Waals surface area contributed by atoms with Crippen LogP contribution in [0.4, 0.5) is 0 Å². The number of primary amides is 1. The molecule has 0 aromatic heterocycles. The van der Waals surface area contributed by atoms with E-state index in [1.165, 1.54) is 19.3 Å². The molecule has 1 unspecified atom stereocenters. The van der Waals surface area contributed by atoms with Crippen molar-refractivity contribution < 1.29 is 4.79 Å². The molecule has 3 N–H and O–H groups in total. The minimum atomic E-state index is -0.260. The molecule has 0 aliphatic heterocycles. The molecule has 1 fully saturated rings. The number of rotatable bonds is 7. The number of nitrogens with two attached hydrogens (primary N) is 1. The van der Waals surface area contributed by atoms with Crippen LogP contribution in [-0.2, 0) is 4.79 Å². The van der Waals surface area contributed by atoms with Crippen LogP contribution in [0.25, 0.3) is 0 Å². The number of likely N-dealkylation sites (N-methyl/N-ethyl adjacent to an activating group) is 2. The molecule has 0 saturated heterocycles. The Hall–Kier alpha value is -0.610. The molecule has 0 aromatic rings. The molecule has 0 aromatic carbocycles. The fraction of sp³-hybridized carbons (Fsp3) is 0.909. The van der Waals surface area contributed by atoms with Crippen molar-refractivity contribution in [1.82, 2.24) is 10.2 Å². The Morgan fingerprint density at radius 3 is 2.60 bits per heavy atom. The van der Waals surface area contributed by atoms with Crippen LogP contribution in [0.3, 0.4) is 0 Å². The van der Waals surface area contributed by atoms with Crippen LogP contribution in [0.1, 0.15) is 26.2 Å². The number of nitrogens with zero attached hydrogens (tertiary/aromatic N) is 1. The Labute approximate surface area is 92.2 Å². The van der Waals surface area contributed by atoms with E-state index >= 15 is 0 Å². The lowest BCUT2D eigenvalue weighted by molar-refractivity contribution is -0.120. The van der Waals surface area contributed by atoms with Gasteiger partial charge in [-0.05, 0) is 32.4 Å². The van der Waals surface area contributed by atoms with Crippen molar-refractivity contribution in [3.05, 3.63) is 0 Å². The number of hydrogen-bond acceptors (Lipinski definition) is 3. The van der Waals surface area contributed by atoms with Crippen molar-refractivity contribution in [2.45, 2.75) is 32.2 Å². The number of carbonyl (C=O) groups is 1. The average Bonchev–Trinajstić information content (AvgIpc) is 2.15. The maximum Gasteiger partial charge on any atom is 0.235 e. The number of carbonyl (C=O) groups excluding carboxylic acids is 1. The Bertz CT molecular complexity index is 204. The average molecular weight is 213 g/mol. The third-order valence-electron chi connectivity index (χ3n) is 3.32. The van der Waals surface area contributed by atoms with Gasteiger partial charge in [-0.3, -0.25) is 4.79 Å². The van der Waals surface area contributed by atoms with Crippen LogP contribution in [0.5, 0.6) is 0 Å². The molecule has 4 heteroatoms. The van der Waals surface area contributed by atoms with Crippen LogP contribution in [0, 0.1) is 5.92 Å². The normalized spacial score (nSPS) is 18.9. The lowest BCUT2D eigenvalue weighted by atomic mass is 9.85. The molecule has 1 amide bonds. The fourth-order valence-corrected chi connectivity index (χ4v) is 1.95. The van der Waals surface area contributed by atoms with Crippen LogP contribution < -0.4 is 11.1 Å². The highest BCUT2D eigenvalue weighted by molar-refractivity contribution is 5.80. The van der Waals surface area contributed by atoms with Gasteiger partial charge in [0.2, 0.25) is 5.91 Å². The Kier molecular flexibility index (Phi) is 5.05. The zero-order chi connectivity index (χ0) is 11.3. The lowest BCUT2D eigenvalue weighted by Crippen LogP contribution is -2.49. The van der Waals surface area contributed by atoms with Gasteiger partial charge in [-0.15, -0.1) is 0 Å². The third-order valence-corrected chi connectivity index (χ3v) is 3.32. The first-order valence-electron chi connectivity index (χ1n) is 5.86. The van der Waals surface area contributed by atoms with E-state index in [1.807, 2.05) is 0 Å². The van der Waals surface area contributed by atoms with E-state index < -0.39 is 0 Å². The second-order valence-corrected chi connectivity index (χ2v) is 4.39. The first-order valence-corrected chi connectivity index (χ1v) is 5.86. The first kappa shape index (κ1) is 12.5. The molecule has 4 nitrogen and oxygen atoms in total. The molecule has 1 aliphatic carbocycles. The van der Waals surface area contributed by atoms with Crippen molar-refractivity contribution in [1.29, 1.82) is 0 Å². The van der Waals surface area contributed by atoms with Gasteiger partial charge in [0.05, 0.1) is 6.04 Å². The molecule has 88 valence electrons. The van der Waals surface area contributed by atoms with Gasteiger partial charge in [0.15, 0.2) is 0 Å². The van der Waals surface area contributed by atoms with Gasteiger partial charge in [0.25, 0.3) is 0 Å². The molecule has 15 heavy (non-hydrogen) atoms. The van der Waals surface area contributed by atoms with Gasteiger partial charge in [0, 0.05) is 13.1 Å². The van der Waals surface area contributed by atoms with E-state index in [-0.39, 0.29) is 11.9 Å². The van der Waals surface area contributed by atoms with Gasteiger partial charge in [-0.2, -0.15) is 0 Å². The second kappa shape index (κ2) is 6.08. The molecule has 1 aliphatic rings. The molecule has 1 saturated carbocycles. The van der Waals surface area contributed by atoms with Crippen LogP contribution >= 0.6 is 0 Å². The zero-order valence-corrected chi connectivity index (χ0v) is 9.83. The molecular formula is C11H23N3O. The highest BCUT2D eigenvalue weighted by Crippen LogP contribution is 2.26. The maximum absolute atomic E-state index is 11.1. The highest BCUT2D eigenvalue weighted by Gasteiger charge is 2.22. The standard InChI is InChI=1S/C11H23N3O/c1-3-14(7-9-5-4-6-9)8-10(13-2)11(12)15/h9-10,13H,3-8H2,1-2H3,(H2,12,15). The van der Waals surface area contributed by atoms with Crippen molar-refractivity contribution >= 4 is 5.91 Å². The third kappa shape index (κ3) is 3.80. The van der Waals surface area contributed by atoms with Gasteiger partial charge in [-0.25, -0.2) is 0 Å². The summed E-state index contributed by atoms with van der Waals surface area (Å²) in [6, 6.07) is -0.218. The van der Waals surface area contributed by atoms with Gasteiger partial charge < -0.3 is 16.0 Å². The molecule has 0 radical (unpaired) electrons. The number of nitrogens with one attached hydrogen (secondary N) is 1. The Balaban J connectivity index is 2.33. The zero-order valence-electron chi connectivity index (χ0n) is 9.83. The summed E-state index contributed by atoms with van der Waals surface area (Å²) in [5.41, 5.74) is 5.30. The number of hydrogen-bond donors (Lipinski definition) is 2. The molecular weight excluding hydrogens is 190 g/mol. The Morgan fingerprint density at radius 1 is 1.60 bits per heavy atom. The molecule has 0 heterocycles. The molecule has 0 spiro atoms. The van der Waals surface area contributed by atoms with Crippen molar-refractivity contribution in [3.63, 3.8) is 0 Å². The van der Waals surface area contributed by atoms with Crippen molar-refractivity contribution in [3.8, 4) is 0 Å². The second-order valence-electron chi connectivity index (χ2n) is 4.39. The van der Waals surface area contributed by atoms with Gasteiger partial charge in [-0.1, -0.05) is 13.3 Å². The summed E-state index contributed by atoms with van der Waals surface area (Å²) in [7, 11) is 1.78. The Morgan fingerprint density at radius 2 is 2.27 bits per heavy atom. The predicted octanol–water partition coefficient (Wildman–Crippen LogP) is 0.182. The van der Waals surface area contributed by atoms with Gasteiger partial charge >= 0.3 is 0 Å². The largest absolute Gasteiger partial charge is 0.368 e. The minimum Gasteiger partial charge on any atom is -0.368 e. The highest BCUT2D eigenvalue weighted by atomic mass is 16.1. The minimum absolute atomic E-state index is 0.218. The SMILES string of the molecule is CCN(CC1CCC1)CC(NC)C(N)=O. The first-order chi connectivity index (χ1) is 7.17. The van der Waals surface area contributed by atoms with E-state index in [2.05, 4.69) is 17.1 Å². The summed E-state index contributed by atoms with van der Waals surface area (Å²) in [5, 5.41) is 2.96. The summed E-state index contributed by atoms with van der Waals surface area (Å²) in [5.74, 6) is 0.583. The van der Waals surface area contributed by atoms with Gasteiger partial charge in [0.1, 0.15) is 0 Å². The van der Waals surface area contributed by atoms with E-state index in [1.54, 1.807) is 7.05 Å². The van der Waals surface area contributed by atoms with Crippen LogP contribution in [0.15, 0.2) is 0 Å². The summed E-state index contributed by atoms with van der Waals surface area (Å²) < 4.78 is 0. The monoisotopic (exact) mass is 213 g/mol. The molecule has 0 bridgehead atoms. The van der Waals surface area contributed by atoms with Crippen LogP contribution in [-0.4, -0.2) is 43.5 Å². The smallest absolute Gasteiger partial charge is 0.235 e. The summed E-state index contributed by atoms with van der Waals surface area (Å²) in [4.78, 5) is 13.4. The topological polar surface area (TPSA) is 58.4 Å². The van der Waals surface area contributed by atoms with Crippen molar-refractivity contribution in [2.75, 3.05) is 26.7 Å². The maximum atomic E-state index is 11.1. The quantitative estimate of drug-likeness (QED) is 0.634. The summed E-state index contributed by atoms with van der Waals surface area (Å²) >= 11 is 0. The van der Waals surface area contributed by atoms with E-state index in [0.29, 0.717) is 0 Å². The van der Waals surface area contributed by atoms with Crippen LogP contribution in [0.2, 0.25) is 0 Å². The molecule has 1 atom stereocenters. The lowest BCUT2D eigenvalue weighted by Gasteiger charge is -2.33. The van der Waals surface area contributed by atoms with E-state index in [4.69, 9.17) is 5.73 Å². The number of amides is 1.